The van der Waals surface area contributed by atoms with Gasteiger partial charge in [0.05, 0.1) is 5.69 Å². The Hall–Kier alpha value is -2.01. The highest BCUT2D eigenvalue weighted by Gasteiger charge is 2.04. The Bertz CT molecular complexity index is 653. The van der Waals surface area contributed by atoms with E-state index in [0.717, 1.165) is 0 Å². The summed E-state index contributed by atoms with van der Waals surface area (Å²) >= 11 is 3.13. The molecule has 0 fully saturated rings. The Morgan fingerprint density at radius 3 is 2.45 bits per heavy atom. The normalized spacial score (nSPS) is 10.8. The van der Waals surface area contributed by atoms with Crippen LogP contribution < -0.4 is 5.32 Å². The zero-order valence-electron chi connectivity index (χ0n) is 10.2. The Morgan fingerprint density at radius 1 is 1.10 bits per heavy atom. The molecule has 0 aromatic heterocycles. The second-order valence-corrected chi connectivity index (χ2v) is 4.91. The predicted octanol–water partition coefficient (Wildman–Crippen LogP) is 4.38. The van der Waals surface area contributed by atoms with Crippen molar-refractivity contribution in [3.63, 3.8) is 0 Å². The number of amides is 1. The van der Waals surface area contributed by atoms with Crippen molar-refractivity contribution in [2.24, 2.45) is 0 Å². The second-order valence-electron chi connectivity index (χ2n) is 4.00. The highest BCUT2D eigenvalue weighted by atomic mass is 79.9. The standard InChI is InChI=1S/C15H10BrF2NO/c16-11-4-7-14(13(18)9-11)19-15(20)8-3-10-1-5-12(17)6-2-10/h1-9H,(H,19,20). The van der Waals surface area contributed by atoms with Crippen LogP contribution in [-0.2, 0) is 4.79 Å². The summed E-state index contributed by atoms with van der Waals surface area (Å²) in [4.78, 5) is 11.6. The summed E-state index contributed by atoms with van der Waals surface area (Å²) in [6.07, 6.45) is 2.78. The molecular formula is C15H10BrF2NO. The molecule has 5 heteroatoms. The van der Waals surface area contributed by atoms with E-state index in [1.807, 2.05) is 0 Å². The number of carbonyl (C=O) groups is 1. The van der Waals surface area contributed by atoms with Crippen LogP contribution in [0.4, 0.5) is 14.5 Å². The SMILES string of the molecule is O=C(C=Cc1ccc(F)cc1)Nc1ccc(Br)cc1F. The van der Waals surface area contributed by atoms with Gasteiger partial charge in [0.2, 0.25) is 5.91 Å². The van der Waals surface area contributed by atoms with Crippen molar-refractivity contribution in [1.82, 2.24) is 0 Å². The van der Waals surface area contributed by atoms with Gasteiger partial charge in [-0.25, -0.2) is 8.78 Å². The molecule has 20 heavy (non-hydrogen) atoms. The Balaban J connectivity index is 2.03. The number of carbonyl (C=O) groups excluding carboxylic acids is 1. The van der Waals surface area contributed by atoms with Gasteiger partial charge in [0.1, 0.15) is 11.6 Å². The van der Waals surface area contributed by atoms with E-state index >= 15 is 0 Å². The summed E-state index contributed by atoms with van der Waals surface area (Å²) < 4.78 is 26.8. The Labute approximate surface area is 123 Å². The van der Waals surface area contributed by atoms with Crippen LogP contribution in [-0.4, -0.2) is 5.91 Å². The first-order valence-corrected chi connectivity index (χ1v) is 6.53. The zero-order chi connectivity index (χ0) is 14.5. The first-order chi connectivity index (χ1) is 9.54. The highest BCUT2D eigenvalue weighted by molar-refractivity contribution is 9.10. The van der Waals surface area contributed by atoms with Gasteiger partial charge >= 0.3 is 0 Å². The highest BCUT2D eigenvalue weighted by Crippen LogP contribution is 2.19. The summed E-state index contributed by atoms with van der Waals surface area (Å²) in [5.74, 6) is -1.33. The van der Waals surface area contributed by atoms with E-state index in [9.17, 15) is 13.6 Å². The fourth-order valence-electron chi connectivity index (χ4n) is 1.51. The number of anilines is 1. The van der Waals surface area contributed by atoms with Crippen molar-refractivity contribution in [3.8, 4) is 0 Å². The molecule has 0 saturated carbocycles. The molecule has 0 aliphatic heterocycles. The maximum atomic E-state index is 13.5. The number of hydrogen-bond acceptors (Lipinski definition) is 1. The van der Waals surface area contributed by atoms with Crippen molar-refractivity contribution in [1.29, 1.82) is 0 Å². The van der Waals surface area contributed by atoms with Crippen LogP contribution >= 0.6 is 15.9 Å². The third kappa shape index (κ3) is 3.99. The van der Waals surface area contributed by atoms with Gasteiger partial charge in [0.15, 0.2) is 0 Å². The molecule has 0 atom stereocenters. The quantitative estimate of drug-likeness (QED) is 0.827. The summed E-state index contributed by atoms with van der Waals surface area (Å²) in [7, 11) is 0. The fourth-order valence-corrected chi connectivity index (χ4v) is 1.84. The molecule has 2 nitrogen and oxygen atoms in total. The topological polar surface area (TPSA) is 29.1 Å². The van der Waals surface area contributed by atoms with Gasteiger partial charge in [-0.15, -0.1) is 0 Å². The summed E-state index contributed by atoms with van der Waals surface area (Å²) in [5, 5.41) is 2.42. The molecule has 1 N–H and O–H groups in total. The van der Waals surface area contributed by atoms with Crippen LogP contribution in [0.15, 0.2) is 53.0 Å². The lowest BCUT2D eigenvalue weighted by molar-refractivity contribution is -0.111. The fraction of sp³-hybridized carbons (Fsp3) is 0. The monoisotopic (exact) mass is 337 g/mol. The predicted molar refractivity (Wildman–Crippen MR) is 78.2 cm³/mol. The second kappa shape index (κ2) is 6.43. The van der Waals surface area contributed by atoms with E-state index < -0.39 is 11.7 Å². The molecule has 0 bridgehead atoms. The van der Waals surface area contributed by atoms with Crippen LogP contribution in [0.3, 0.4) is 0 Å². The molecule has 0 saturated heterocycles. The van der Waals surface area contributed by atoms with Gasteiger partial charge in [-0.2, -0.15) is 0 Å². The number of halogens is 3. The molecule has 0 spiro atoms. The molecule has 102 valence electrons. The molecule has 0 aliphatic carbocycles. The van der Waals surface area contributed by atoms with E-state index in [4.69, 9.17) is 0 Å². The first kappa shape index (κ1) is 14.4. The van der Waals surface area contributed by atoms with E-state index in [1.54, 1.807) is 18.2 Å². The Kier molecular flexibility index (Phi) is 4.63. The maximum absolute atomic E-state index is 13.5. The lowest BCUT2D eigenvalue weighted by atomic mass is 10.2. The number of rotatable bonds is 3. The number of benzene rings is 2. The molecular weight excluding hydrogens is 328 g/mol. The van der Waals surface area contributed by atoms with Crippen molar-refractivity contribution >= 4 is 33.6 Å². The summed E-state index contributed by atoms with van der Waals surface area (Å²) in [6.45, 7) is 0. The Morgan fingerprint density at radius 2 is 1.80 bits per heavy atom. The van der Waals surface area contributed by atoms with Crippen molar-refractivity contribution in [2.75, 3.05) is 5.32 Å². The van der Waals surface area contributed by atoms with Crippen molar-refractivity contribution in [3.05, 3.63) is 70.2 Å². The van der Waals surface area contributed by atoms with Crippen LogP contribution in [0.1, 0.15) is 5.56 Å². The third-order valence-electron chi connectivity index (χ3n) is 2.49. The average Bonchev–Trinajstić information content (AvgIpc) is 2.41. The minimum atomic E-state index is -0.525. The minimum Gasteiger partial charge on any atom is -0.320 e. The minimum absolute atomic E-state index is 0.0990. The van der Waals surface area contributed by atoms with Crippen molar-refractivity contribution in [2.45, 2.75) is 0 Å². The van der Waals surface area contributed by atoms with Crippen LogP contribution in [0.5, 0.6) is 0 Å². The summed E-state index contributed by atoms with van der Waals surface area (Å²) in [5.41, 5.74) is 0.778. The lowest BCUT2D eigenvalue weighted by Gasteiger charge is -2.03. The first-order valence-electron chi connectivity index (χ1n) is 5.74. The van der Waals surface area contributed by atoms with E-state index in [-0.39, 0.29) is 11.5 Å². The molecule has 2 rings (SSSR count). The third-order valence-corrected chi connectivity index (χ3v) is 2.98. The van der Waals surface area contributed by atoms with Gasteiger partial charge in [-0.3, -0.25) is 4.79 Å². The average molecular weight is 338 g/mol. The largest absolute Gasteiger partial charge is 0.320 e. The molecule has 1 amide bonds. The molecule has 0 radical (unpaired) electrons. The lowest BCUT2D eigenvalue weighted by Crippen LogP contribution is -2.09. The van der Waals surface area contributed by atoms with Crippen molar-refractivity contribution < 1.29 is 13.6 Å². The smallest absolute Gasteiger partial charge is 0.248 e. The van der Waals surface area contributed by atoms with Gasteiger partial charge in [0, 0.05) is 10.5 Å². The van der Waals surface area contributed by atoms with E-state index in [1.165, 1.54) is 36.4 Å². The molecule has 0 aliphatic rings. The maximum Gasteiger partial charge on any atom is 0.248 e. The van der Waals surface area contributed by atoms with Crippen LogP contribution in [0, 0.1) is 11.6 Å². The molecule has 0 heterocycles. The van der Waals surface area contributed by atoms with E-state index in [2.05, 4.69) is 21.2 Å². The van der Waals surface area contributed by atoms with E-state index in [0.29, 0.717) is 10.0 Å². The molecule has 2 aromatic carbocycles. The van der Waals surface area contributed by atoms with Gasteiger partial charge < -0.3 is 5.32 Å². The zero-order valence-corrected chi connectivity index (χ0v) is 11.8. The number of nitrogens with one attached hydrogen (secondary N) is 1. The van der Waals surface area contributed by atoms with Gasteiger partial charge in [-0.05, 0) is 42.0 Å². The number of hydrogen-bond donors (Lipinski definition) is 1. The van der Waals surface area contributed by atoms with Crippen LogP contribution in [0.25, 0.3) is 6.08 Å². The summed E-state index contributed by atoms with van der Waals surface area (Å²) in [6, 6.07) is 10.0. The molecule has 0 unspecified atom stereocenters. The van der Waals surface area contributed by atoms with Gasteiger partial charge in [0.25, 0.3) is 0 Å². The van der Waals surface area contributed by atoms with Gasteiger partial charge in [-0.1, -0.05) is 28.1 Å². The molecule has 2 aromatic rings. The van der Waals surface area contributed by atoms with Crippen LogP contribution in [0.2, 0.25) is 0 Å².